The van der Waals surface area contributed by atoms with Crippen LogP contribution >= 0.6 is 0 Å². The van der Waals surface area contributed by atoms with Crippen LogP contribution in [0.4, 0.5) is 0 Å². The van der Waals surface area contributed by atoms with Crippen molar-refractivity contribution in [3.8, 4) is 22.6 Å². The summed E-state index contributed by atoms with van der Waals surface area (Å²) in [5.74, 6) is 1.57. The first kappa shape index (κ1) is 21.3. The smallest absolute Gasteiger partial charge is 0.258 e. The van der Waals surface area contributed by atoms with Crippen LogP contribution in [-0.4, -0.2) is 16.3 Å². The van der Waals surface area contributed by atoms with Crippen molar-refractivity contribution in [3.63, 3.8) is 0 Å². The molecule has 0 saturated heterocycles. The van der Waals surface area contributed by atoms with E-state index < -0.39 is 0 Å². The zero-order valence-electron chi connectivity index (χ0n) is 18.9. The summed E-state index contributed by atoms with van der Waals surface area (Å²) in [5.41, 5.74) is 5.75. The number of hydrogen-bond donors (Lipinski definition) is 1. The largest absolute Gasteiger partial charge is 0.493 e. The lowest BCUT2D eigenvalue weighted by molar-refractivity contribution is 0.272. The van der Waals surface area contributed by atoms with Crippen LogP contribution in [0.25, 0.3) is 21.9 Å². The van der Waals surface area contributed by atoms with E-state index >= 15 is 0 Å². The third-order valence-corrected chi connectivity index (χ3v) is 6.54. The topological polar surface area (TPSA) is 60.7 Å². The minimum Gasteiger partial charge on any atom is -0.493 e. The van der Waals surface area contributed by atoms with Crippen molar-refractivity contribution in [1.29, 1.82) is 0 Å². The average Bonchev–Trinajstić information content (AvgIpc) is 2.86. The Kier molecular flexibility index (Phi) is 5.65. The zero-order chi connectivity index (χ0) is 22.9. The molecule has 33 heavy (non-hydrogen) atoms. The normalized spacial score (nSPS) is 12.9. The SMILES string of the molecule is Cc1c(-c2c(CO)n(C)c(=O)c3cc(OCc4ccccc4)ccc23)ccc2c1CCCO2. The average molecular weight is 442 g/mol. The highest BCUT2D eigenvalue weighted by molar-refractivity contribution is 5.99. The number of fused-ring (bicyclic) bond motifs is 2. The van der Waals surface area contributed by atoms with Crippen LogP contribution in [0.2, 0.25) is 0 Å². The molecule has 4 aromatic rings. The Hall–Kier alpha value is -3.57. The molecule has 0 unspecified atom stereocenters. The van der Waals surface area contributed by atoms with Crippen molar-refractivity contribution in [3.05, 3.63) is 93.4 Å². The van der Waals surface area contributed by atoms with E-state index in [-0.39, 0.29) is 12.2 Å². The van der Waals surface area contributed by atoms with Gasteiger partial charge in [-0.25, -0.2) is 0 Å². The van der Waals surface area contributed by atoms with Crippen LogP contribution < -0.4 is 15.0 Å². The minimum atomic E-state index is -0.226. The third-order valence-electron chi connectivity index (χ3n) is 6.54. The fourth-order valence-corrected chi connectivity index (χ4v) is 4.74. The van der Waals surface area contributed by atoms with Gasteiger partial charge in [0.1, 0.15) is 18.1 Å². The molecule has 3 aromatic carbocycles. The maximum Gasteiger partial charge on any atom is 0.258 e. The Balaban J connectivity index is 1.66. The second kappa shape index (κ2) is 8.75. The van der Waals surface area contributed by atoms with Gasteiger partial charge >= 0.3 is 0 Å². The molecule has 0 saturated carbocycles. The first-order chi connectivity index (χ1) is 16.1. The lowest BCUT2D eigenvalue weighted by Crippen LogP contribution is -2.22. The predicted octanol–water partition coefficient (Wildman–Crippen LogP) is 4.91. The monoisotopic (exact) mass is 441 g/mol. The third kappa shape index (κ3) is 3.79. The summed E-state index contributed by atoms with van der Waals surface area (Å²) < 4.78 is 13.4. The summed E-state index contributed by atoms with van der Waals surface area (Å²) in [4.78, 5) is 13.2. The fourth-order valence-electron chi connectivity index (χ4n) is 4.74. The number of nitrogens with zero attached hydrogens (tertiary/aromatic N) is 1. The number of aromatic nitrogens is 1. The Morgan fingerprint density at radius 2 is 1.88 bits per heavy atom. The number of aliphatic hydroxyl groups is 1. The van der Waals surface area contributed by atoms with Gasteiger partial charge in [0.25, 0.3) is 5.56 Å². The molecule has 168 valence electrons. The van der Waals surface area contributed by atoms with Gasteiger partial charge < -0.3 is 19.1 Å². The summed E-state index contributed by atoms with van der Waals surface area (Å²) in [6, 6.07) is 19.6. The van der Waals surface area contributed by atoms with Crippen LogP contribution in [0.15, 0.2) is 65.5 Å². The number of hydrogen-bond acceptors (Lipinski definition) is 4. The number of rotatable bonds is 5. The van der Waals surface area contributed by atoms with Crippen molar-refractivity contribution in [2.75, 3.05) is 6.61 Å². The molecule has 0 bridgehead atoms. The van der Waals surface area contributed by atoms with Crippen molar-refractivity contribution in [2.45, 2.75) is 33.0 Å². The van der Waals surface area contributed by atoms with Crippen LogP contribution in [0.3, 0.4) is 0 Å². The first-order valence-corrected chi connectivity index (χ1v) is 11.3. The highest BCUT2D eigenvalue weighted by Crippen LogP contribution is 2.39. The molecule has 0 radical (unpaired) electrons. The number of ether oxygens (including phenoxy) is 2. The Labute approximate surface area is 192 Å². The second-order valence-electron chi connectivity index (χ2n) is 8.49. The Morgan fingerprint density at radius 3 is 2.67 bits per heavy atom. The van der Waals surface area contributed by atoms with Gasteiger partial charge in [-0.2, -0.15) is 0 Å². The highest BCUT2D eigenvalue weighted by atomic mass is 16.5. The van der Waals surface area contributed by atoms with E-state index in [0.29, 0.717) is 23.4 Å². The minimum absolute atomic E-state index is 0.151. The highest BCUT2D eigenvalue weighted by Gasteiger charge is 2.21. The molecule has 5 heteroatoms. The van der Waals surface area contributed by atoms with Gasteiger partial charge in [0.15, 0.2) is 0 Å². The van der Waals surface area contributed by atoms with E-state index in [1.807, 2.05) is 60.7 Å². The van der Waals surface area contributed by atoms with Crippen molar-refractivity contribution < 1.29 is 14.6 Å². The zero-order valence-corrected chi connectivity index (χ0v) is 18.9. The van der Waals surface area contributed by atoms with Gasteiger partial charge in [-0.05, 0) is 71.7 Å². The fraction of sp³-hybridized carbons (Fsp3) is 0.250. The number of pyridine rings is 1. The number of aliphatic hydroxyl groups excluding tert-OH is 1. The molecule has 0 aliphatic carbocycles. The second-order valence-corrected chi connectivity index (χ2v) is 8.49. The van der Waals surface area contributed by atoms with Crippen molar-refractivity contribution in [1.82, 2.24) is 4.57 Å². The summed E-state index contributed by atoms with van der Waals surface area (Å²) in [5, 5.41) is 11.6. The molecule has 5 rings (SSSR count). The predicted molar refractivity (Wildman–Crippen MR) is 130 cm³/mol. The van der Waals surface area contributed by atoms with Gasteiger partial charge in [-0.15, -0.1) is 0 Å². The molecule has 0 fully saturated rings. The van der Waals surface area contributed by atoms with E-state index in [4.69, 9.17) is 9.47 Å². The summed E-state index contributed by atoms with van der Waals surface area (Å²) in [6.45, 7) is 3.04. The molecular formula is C28H27NO4. The van der Waals surface area contributed by atoms with E-state index in [1.165, 1.54) is 5.56 Å². The summed E-state index contributed by atoms with van der Waals surface area (Å²) in [7, 11) is 1.71. The molecule has 1 aliphatic heterocycles. The molecule has 0 amide bonds. The molecule has 1 aromatic heterocycles. The van der Waals surface area contributed by atoms with Gasteiger partial charge in [-0.3, -0.25) is 4.79 Å². The quantitative estimate of drug-likeness (QED) is 0.478. The van der Waals surface area contributed by atoms with Crippen molar-refractivity contribution >= 4 is 10.8 Å². The van der Waals surface area contributed by atoms with E-state index in [2.05, 4.69) is 6.92 Å². The molecule has 0 spiro atoms. The lowest BCUT2D eigenvalue weighted by atomic mass is 9.89. The van der Waals surface area contributed by atoms with Crippen molar-refractivity contribution in [2.24, 2.45) is 7.05 Å². The molecule has 5 nitrogen and oxygen atoms in total. The molecular weight excluding hydrogens is 414 g/mol. The van der Waals surface area contributed by atoms with Gasteiger partial charge in [0.2, 0.25) is 0 Å². The van der Waals surface area contributed by atoms with Gasteiger partial charge in [0, 0.05) is 12.6 Å². The standard InChI is InChI=1S/C28H27NO4/c1-18-21-9-6-14-32-26(21)13-12-22(18)27-23-11-10-20(33-17-19-7-4-3-5-8-19)15-24(23)28(31)29(2)25(27)16-30/h3-5,7-8,10-13,15,30H,6,9,14,16-17H2,1-2H3. The Morgan fingerprint density at radius 1 is 1.06 bits per heavy atom. The van der Waals surface area contributed by atoms with Crippen LogP contribution in [0.1, 0.15) is 28.8 Å². The lowest BCUT2D eigenvalue weighted by Gasteiger charge is -2.23. The maximum atomic E-state index is 13.2. The summed E-state index contributed by atoms with van der Waals surface area (Å²) >= 11 is 0. The van der Waals surface area contributed by atoms with E-state index in [9.17, 15) is 9.90 Å². The van der Waals surface area contributed by atoms with Crippen LogP contribution in [0, 0.1) is 6.92 Å². The van der Waals surface area contributed by atoms with Gasteiger partial charge in [-0.1, -0.05) is 36.4 Å². The van der Waals surface area contributed by atoms with E-state index in [0.717, 1.165) is 52.8 Å². The Bertz CT molecular complexity index is 1390. The first-order valence-electron chi connectivity index (χ1n) is 11.3. The van der Waals surface area contributed by atoms with Crippen LogP contribution in [-0.2, 0) is 26.7 Å². The molecule has 1 N–H and O–H groups in total. The molecule has 2 heterocycles. The number of benzene rings is 3. The van der Waals surface area contributed by atoms with Gasteiger partial charge in [0.05, 0.1) is 24.3 Å². The summed E-state index contributed by atoms with van der Waals surface area (Å²) in [6.07, 6.45) is 1.95. The molecule has 1 aliphatic rings. The maximum absolute atomic E-state index is 13.2. The van der Waals surface area contributed by atoms with Crippen LogP contribution in [0.5, 0.6) is 11.5 Å². The van der Waals surface area contributed by atoms with E-state index in [1.54, 1.807) is 11.6 Å². The molecule has 0 atom stereocenters.